The van der Waals surface area contributed by atoms with Crippen LogP contribution in [0.4, 0.5) is 0 Å². The zero-order valence-electron chi connectivity index (χ0n) is 23.1. The van der Waals surface area contributed by atoms with E-state index in [1.807, 2.05) is 52.0 Å². The van der Waals surface area contributed by atoms with Crippen molar-refractivity contribution in [3.63, 3.8) is 0 Å². The van der Waals surface area contributed by atoms with E-state index in [0.29, 0.717) is 9.79 Å². The molecule has 2 heterocycles. The molecule has 6 rings (SSSR count). The summed E-state index contributed by atoms with van der Waals surface area (Å²) in [5.74, 6) is 0. The van der Waals surface area contributed by atoms with Gasteiger partial charge in [-0.15, -0.1) is 0 Å². The first kappa shape index (κ1) is 27.3. The first-order chi connectivity index (χ1) is 17.7. The fourth-order valence-electron chi connectivity index (χ4n) is 6.07. The number of fused-ring (bicyclic) bond motifs is 2. The fourth-order valence-corrected chi connectivity index (χ4v) is 10.2. The molecule has 2 aliphatic heterocycles. The lowest BCUT2D eigenvalue weighted by atomic mass is 9.92. The van der Waals surface area contributed by atoms with Gasteiger partial charge in [0.1, 0.15) is 0 Å². The molecule has 0 amide bonds. The van der Waals surface area contributed by atoms with Crippen LogP contribution in [0.5, 0.6) is 0 Å². The van der Waals surface area contributed by atoms with Gasteiger partial charge in [-0.3, -0.25) is 0 Å². The molecule has 0 spiro atoms. The van der Waals surface area contributed by atoms with Crippen molar-refractivity contribution in [3.8, 4) is 0 Å². The molecule has 6 nitrogen and oxygen atoms in total. The van der Waals surface area contributed by atoms with Gasteiger partial charge < -0.3 is 0 Å². The molecule has 0 radical (unpaired) electrons. The number of sulfonamides is 2. The van der Waals surface area contributed by atoms with Crippen LogP contribution in [0, 0.1) is 13.8 Å². The van der Waals surface area contributed by atoms with Crippen molar-refractivity contribution >= 4 is 20.0 Å². The Balaban J connectivity index is 0.000000155. The lowest BCUT2D eigenvalue weighted by Gasteiger charge is -2.12. The lowest BCUT2D eigenvalue weighted by molar-refractivity contribution is 0.514. The van der Waals surface area contributed by atoms with E-state index in [1.54, 1.807) is 32.9 Å². The maximum Gasteiger partial charge on any atom is 0.243 e. The van der Waals surface area contributed by atoms with Crippen LogP contribution >= 0.6 is 0 Å². The Bertz CT molecular complexity index is 1410. The van der Waals surface area contributed by atoms with Crippen LogP contribution in [0.3, 0.4) is 0 Å². The molecular formula is C30H38N2O4S2. The summed E-state index contributed by atoms with van der Waals surface area (Å²) in [6.07, 6.45) is 7.72. The predicted octanol–water partition coefficient (Wildman–Crippen LogP) is 5.73. The number of aryl methyl sites for hydroxylation is 2. The third-order valence-electron chi connectivity index (χ3n) is 8.79. The van der Waals surface area contributed by atoms with Gasteiger partial charge in [0.05, 0.1) is 20.9 Å². The van der Waals surface area contributed by atoms with Crippen LogP contribution < -0.4 is 0 Å². The number of hydrogen-bond donors (Lipinski definition) is 0. The maximum atomic E-state index is 12.7. The molecule has 2 unspecified atom stereocenters. The van der Waals surface area contributed by atoms with Crippen LogP contribution in [0.1, 0.15) is 64.5 Å². The lowest BCUT2D eigenvalue weighted by Crippen LogP contribution is -2.20. The van der Waals surface area contributed by atoms with Crippen LogP contribution in [-0.2, 0) is 20.0 Å². The average Bonchev–Trinajstić information content (AvgIpc) is 3.69. The molecule has 0 saturated carbocycles. The molecule has 2 aromatic rings. The van der Waals surface area contributed by atoms with Crippen LogP contribution in [0.15, 0.2) is 81.6 Å². The summed E-state index contributed by atoms with van der Waals surface area (Å²) in [6, 6.07) is 14.5. The molecule has 2 aliphatic carbocycles. The smallest absolute Gasteiger partial charge is 0.207 e. The second-order valence-electron chi connectivity index (χ2n) is 11.9. The highest BCUT2D eigenvalue weighted by molar-refractivity contribution is 7.89. The van der Waals surface area contributed by atoms with Crippen molar-refractivity contribution in [1.82, 2.24) is 8.61 Å². The van der Waals surface area contributed by atoms with Gasteiger partial charge in [-0.05, 0) is 91.5 Å². The van der Waals surface area contributed by atoms with Crippen molar-refractivity contribution in [2.24, 2.45) is 0 Å². The molecule has 2 fully saturated rings. The van der Waals surface area contributed by atoms with E-state index in [2.05, 4.69) is 26.0 Å². The number of nitrogens with zero attached hydrogens (tertiary/aromatic N) is 2. The van der Waals surface area contributed by atoms with Gasteiger partial charge in [-0.25, -0.2) is 16.8 Å². The SMILES string of the molecule is CC1=CC[C@]2(C)[C@H](C1)N2S(=O)(=O)c1ccc(C)cc1.CC1=CC[C@]2(C)[C@H](C1)N2S(=O)(=O)c1ccc(C)cc1. The maximum absolute atomic E-state index is 12.7. The first-order valence-electron chi connectivity index (χ1n) is 13.2. The Morgan fingerprint density at radius 2 is 0.921 bits per heavy atom. The molecule has 0 aromatic heterocycles. The summed E-state index contributed by atoms with van der Waals surface area (Å²) in [5, 5.41) is 0. The van der Waals surface area contributed by atoms with Crippen molar-refractivity contribution in [2.45, 2.75) is 100 Å². The number of hydrogen-bond acceptors (Lipinski definition) is 4. The van der Waals surface area contributed by atoms with Gasteiger partial charge in [-0.2, -0.15) is 8.61 Å². The van der Waals surface area contributed by atoms with Gasteiger partial charge in [0.25, 0.3) is 0 Å². The Morgan fingerprint density at radius 3 is 1.21 bits per heavy atom. The van der Waals surface area contributed by atoms with Crippen molar-refractivity contribution in [1.29, 1.82) is 0 Å². The van der Waals surface area contributed by atoms with Crippen molar-refractivity contribution in [2.75, 3.05) is 0 Å². The zero-order valence-corrected chi connectivity index (χ0v) is 24.7. The summed E-state index contributed by atoms with van der Waals surface area (Å²) in [6.45, 7) is 12.2. The van der Waals surface area contributed by atoms with Crippen LogP contribution in [0.25, 0.3) is 0 Å². The summed E-state index contributed by atoms with van der Waals surface area (Å²) in [5.41, 5.74) is 4.33. The number of benzene rings is 2. The number of rotatable bonds is 4. The third-order valence-corrected chi connectivity index (χ3v) is 12.9. The Kier molecular flexibility index (Phi) is 6.58. The van der Waals surface area contributed by atoms with Gasteiger partial charge in [0.2, 0.25) is 20.0 Å². The molecule has 0 bridgehead atoms. The van der Waals surface area contributed by atoms with E-state index in [9.17, 15) is 16.8 Å². The second-order valence-corrected chi connectivity index (χ2v) is 15.5. The third kappa shape index (κ3) is 4.49. The Morgan fingerprint density at radius 1 is 0.605 bits per heavy atom. The highest BCUT2D eigenvalue weighted by atomic mass is 32.2. The largest absolute Gasteiger partial charge is 0.243 e. The van der Waals surface area contributed by atoms with E-state index < -0.39 is 20.0 Å². The summed E-state index contributed by atoms with van der Waals surface area (Å²) < 4.78 is 54.1. The molecule has 0 N–H and O–H groups in total. The van der Waals surface area contributed by atoms with E-state index in [1.165, 1.54) is 11.1 Å². The monoisotopic (exact) mass is 554 g/mol. The summed E-state index contributed by atoms with van der Waals surface area (Å²) >= 11 is 0. The molecule has 2 aromatic carbocycles. The van der Waals surface area contributed by atoms with Crippen LogP contribution in [-0.4, -0.2) is 48.6 Å². The summed E-state index contributed by atoms with van der Waals surface area (Å²) in [4.78, 5) is 0.817. The predicted molar refractivity (Wildman–Crippen MR) is 151 cm³/mol. The van der Waals surface area contributed by atoms with Crippen molar-refractivity contribution in [3.05, 3.63) is 83.0 Å². The van der Waals surface area contributed by atoms with Crippen molar-refractivity contribution < 1.29 is 16.8 Å². The molecule has 8 heteroatoms. The second kappa shape index (κ2) is 9.15. The first-order valence-corrected chi connectivity index (χ1v) is 16.1. The molecule has 2 saturated heterocycles. The summed E-state index contributed by atoms with van der Waals surface area (Å²) in [7, 11) is -6.69. The standard InChI is InChI=1S/2C15H19NO2S/c2*1-11-4-6-13(7-5-11)19(17,18)16-14-10-12(2)8-9-15(14,16)3/h2*4-8,14H,9-10H2,1-3H3/t2*14-,15+,16?/m00/s1. The van der Waals surface area contributed by atoms with E-state index in [-0.39, 0.29) is 23.2 Å². The normalized spacial score (nSPS) is 33.5. The fraction of sp³-hybridized carbons (Fsp3) is 0.467. The van der Waals surface area contributed by atoms with E-state index >= 15 is 0 Å². The molecule has 204 valence electrons. The minimum atomic E-state index is -3.35. The zero-order chi connectivity index (χ0) is 27.7. The van der Waals surface area contributed by atoms with Gasteiger partial charge in [0.15, 0.2) is 0 Å². The topological polar surface area (TPSA) is 74.3 Å². The molecular weight excluding hydrogens is 516 g/mol. The minimum absolute atomic E-state index is 0.142. The van der Waals surface area contributed by atoms with Gasteiger partial charge in [0, 0.05) is 12.1 Å². The quantitative estimate of drug-likeness (QED) is 0.357. The van der Waals surface area contributed by atoms with E-state index in [0.717, 1.165) is 36.8 Å². The molecule has 38 heavy (non-hydrogen) atoms. The van der Waals surface area contributed by atoms with E-state index in [4.69, 9.17) is 0 Å². The highest BCUT2D eigenvalue weighted by Crippen LogP contribution is 2.54. The van der Waals surface area contributed by atoms with Gasteiger partial charge in [-0.1, -0.05) is 58.7 Å². The Labute approximate surface area is 228 Å². The van der Waals surface area contributed by atoms with Gasteiger partial charge >= 0.3 is 0 Å². The Hall–Kier alpha value is -2.26. The van der Waals surface area contributed by atoms with Crippen LogP contribution in [0.2, 0.25) is 0 Å². The molecule has 4 aliphatic rings. The molecule has 6 atom stereocenters. The average molecular weight is 555 g/mol. The minimum Gasteiger partial charge on any atom is -0.207 e. The highest BCUT2D eigenvalue weighted by Gasteiger charge is 2.66.